The summed E-state index contributed by atoms with van der Waals surface area (Å²) in [6.45, 7) is 6.01. The van der Waals surface area contributed by atoms with Gasteiger partial charge in [0, 0.05) is 22.6 Å². The van der Waals surface area contributed by atoms with Crippen molar-refractivity contribution in [1.29, 1.82) is 5.26 Å². The zero-order valence-corrected chi connectivity index (χ0v) is 15.9. The predicted octanol–water partition coefficient (Wildman–Crippen LogP) is 2.97. The second-order valence-electron chi connectivity index (χ2n) is 6.35. The van der Waals surface area contributed by atoms with E-state index in [1.165, 1.54) is 23.5 Å². The van der Waals surface area contributed by atoms with Gasteiger partial charge < -0.3 is 0 Å². The van der Waals surface area contributed by atoms with Crippen molar-refractivity contribution in [2.24, 2.45) is 0 Å². The number of sulfonamides is 1. The minimum Gasteiger partial charge on any atom is -0.269 e. The van der Waals surface area contributed by atoms with Gasteiger partial charge in [-0.3, -0.25) is 4.79 Å². The number of nitrogens with one attached hydrogen (secondary N) is 1. The Kier molecular flexibility index (Phi) is 5.59. The molecule has 0 spiro atoms. The van der Waals surface area contributed by atoms with Crippen LogP contribution in [0.3, 0.4) is 0 Å². The molecule has 0 saturated carbocycles. The fourth-order valence-corrected chi connectivity index (χ4v) is 3.92. The van der Waals surface area contributed by atoms with Crippen molar-refractivity contribution in [3.05, 3.63) is 51.7 Å². The van der Waals surface area contributed by atoms with Crippen LogP contribution in [-0.4, -0.2) is 19.3 Å². The molecule has 0 aliphatic heterocycles. The zero-order chi connectivity index (χ0) is 19.5. The Morgan fingerprint density at radius 2 is 2.08 bits per heavy atom. The maximum absolute atomic E-state index is 13.6. The molecule has 136 valence electrons. The van der Waals surface area contributed by atoms with E-state index in [1.807, 2.05) is 20.8 Å². The van der Waals surface area contributed by atoms with Gasteiger partial charge in [0.15, 0.2) is 0 Å². The van der Waals surface area contributed by atoms with Gasteiger partial charge in [-0.15, -0.1) is 11.3 Å². The summed E-state index contributed by atoms with van der Waals surface area (Å²) in [5.74, 6) is -1.89. The van der Waals surface area contributed by atoms with Crippen molar-refractivity contribution in [2.75, 3.05) is 0 Å². The SMILES string of the molecule is CC(C)(C)c1ncc(/C=C/C(=O)NS(=O)(=O)c2cccc(F)c2C#N)s1. The largest absolute Gasteiger partial charge is 0.269 e. The number of amides is 1. The van der Waals surface area contributed by atoms with Crippen LogP contribution in [0.1, 0.15) is 36.2 Å². The minimum absolute atomic E-state index is 0.132. The molecule has 0 unspecified atom stereocenters. The van der Waals surface area contributed by atoms with Gasteiger partial charge in [-0.2, -0.15) is 5.26 Å². The summed E-state index contributed by atoms with van der Waals surface area (Å²) < 4.78 is 39.8. The van der Waals surface area contributed by atoms with Gasteiger partial charge in [0.2, 0.25) is 0 Å². The molecule has 1 aromatic heterocycles. The molecule has 0 radical (unpaired) electrons. The van der Waals surface area contributed by atoms with Gasteiger partial charge >= 0.3 is 0 Å². The molecule has 1 aromatic carbocycles. The van der Waals surface area contributed by atoms with Crippen LogP contribution in [0, 0.1) is 17.1 Å². The minimum atomic E-state index is -4.37. The van der Waals surface area contributed by atoms with Gasteiger partial charge in [0.05, 0.1) is 5.01 Å². The molecule has 1 amide bonds. The first-order valence-electron chi connectivity index (χ1n) is 7.44. The molecule has 2 aromatic rings. The number of nitriles is 1. The summed E-state index contributed by atoms with van der Waals surface area (Å²) >= 11 is 1.38. The van der Waals surface area contributed by atoms with E-state index < -0.39 is 32.2 Å². The van der Waals surface area contributed by atoms with Crippen LogP contribution in [0.25, 0.3) is 6.08 Å². The Morgan fingerprint density at radius 3 is 2.65 bits per heavy atom. The second kappa shape index (κ2) is 7.35. The number of halogens is 1. The normalized spacial score (nSPS) is 12.1. The van der Waals surface area contributed by atoms with Crippen molar-refractivity contribution >= 4 is 33.3 Å². The summed E-state index contributed by atoms with van der Waals surface area (Å²) in [6.07, 6.45) is 4.07. The molecular weight excluding hydrogens is 377 g/mol. The number of nitrogens with zero attached hydrogens (tertiary/aromatic N) is 2. The molecule has 6 nitrogen and oxygen atoms in total. The Balaban J connectivity index is 2.18. The summed E-state index contributed by atoms with van der Waals surface area (Å²) in [4.78, 5) is 16.3. The number of aromatic nitrogens is 1. The van der Waals surface area contributed by atoms with Crippen molar-refractivity contribution in [2.45, 2.75) is 31.1 Å². The molecule has 2 rings (SSSR count). The fraction of sp³-hybridized carbons (Fsp3) is 0.235. The first kappa shape index (κ1) is 19.8. The van der Waals surface area contributed by atoms with Crippen LogP contribution >= 0.6 is 11.3 Å². The van der Waals surface area contributed by atoms with Crippen LogP contribution in [0.15, 0.2) is 35.4 Å². The van der Waals surface area contributed by atoms with Gasteiger partial charge in [-0.05, 0) is 18.2 Å². The number of carbonyl (C=O) groups is 1. The smallest absolute Gasteiger partial charge is 0.265 e. The molecule has 0 saturated heterocycles. The number of hydrogen-bond acceptors (Lipinski definition) is 6. The van der Waals surface area contributed by atoms with Crippen LogP contribution in [0.2, 0.25) is 0 Å². The topological polar surface area (TPSA) is 99.9 Å². The Hall–Kier alpha value is -2.57. The molecule has 0 atom stereocenters. The predicted molar refractivity (Wildman–Crippen MR) is 96.3 cm³/mol. The average molecular weight is 393 g/mol. The van der Waals surface area contributed by atoms with Crippen LogP contribution in [0.4, 0.5) is 4.39 Å². The number of thiazole rings is 1. The molecule has 1 N–H and O–H groups in total. The van der Waals surface area contributed by atoms with Gasteiger partial charge in [-0.1, -0.05) is 26.8 Å². The average Bonchev–Trinajstić information content (AvgIpc) is 3.01. The lowest BCUT2D eigenvalue weighted by Gasteiger charge is -2.13. The lowest BCUT2D eigenvalue weighted by molar-refractivity contribution is -0.114. The lowest BCUT2D eigenvalue weighted by Crippen LogP contribution is -2.29. The van der Waals surface area contributed by atoms with E-state index in [1.54, 1.807) is 10.9 Å². The first-order valence-corrected chi connectivity index (χ1v) is 9.74. The van der Waals surface area contributed by atoms with E-state index in [-0.39, 0.29) is 5.41 Å². The standard InChI is InChI=1S/C17H16FN3O3S2/c1-17(2,3)16-20-10-11(25-16)7-8-15(22)21-26(23,24)14-6-4-5-13(18)12(14)9-19/h4-8,10H,1-3H3,(H,21,22)/b8-7+. The van der Waals surface area contributed by atoms with Crippen LogP contribution in [0.5, 0.6) is 0 Å². The van der Waals surface area contributed by atoms with E-state index in [0.717, 1.165) is 29.3 Å². The lowest BCUT2D eigenvalue weighted by atomic mass is 9.98. The summed E-state index contributed by atoms with van der Waals surface area (Å²) in [5.41, 5.74) is -0.776. The summed E-state index contributed by atoms with van der Waals surface area (Å²) in [5, 5.41) is 9.81. The van der Waals surface area contributed by atoms with E-state index in [2.05, 4.69) is 4.98 Å². The number of hydrogen-bond donors (Lipinski definition) is 1. The Labute approximate surface area is 155 Å². The van der Waals surface area contributed by atoms with E-state index in [0.29, 0.717) is 4.88 Å². The van der Waals surface area contributed by atoms with E-state index >= 15 is 0 Å². The van der Waals surface area contributed by atoms with Crippen molar-refractivity contribution in [1.82, 2.24) is 9.71 Å². The monoisotopic (exact) mass is 393 g/mol. The number of carbonyl (C=O) groups excluding carboxylic acids is 1. The van der Waals surface area contributed by atoms with Crippen molar-refractivity contribution < 1.29 is 17.6 Å². The Bertz CT molecular complexity index is 1010. The Morgan fingerprint density at radius 1 is 1.38 bits per heavy atom. The molecule has 0 fully saturated rings. The molecule has 0 aliphatic rings. The molecular formula is C17H16FN3O3S2. The third kappa shape index (κ3) is 4.53. The second-order valence-corrected chi connectivity index (χ2v) is 9.06. The highest BCUT2D eigenvalue weighted by atomic mass is 32.2. The number of benzene rings is 1. The highest BCUT2D eigenvalue weighted by Crippen LogP contribution is 2.27. The maximum Gasteiger partial charge on any atom is 0.265 e. The molecule has 0 bridgehead atoms. The third-order valence-corrected chi connectivity index (χ3v) is 5.95. The zero-order valence-electron chi connectivity index (χ0n) is 14.3. The van der Waals surface area contributed by atoms with Crippen molar-refractivity contribution in [3.63, 3.8) is 0 Å². The highest BCUT2D eigenvalue weighted by Gasteiger charge is 2.23. The highest BCUT2D eigenvalue weighted by molar-refractivity contribution is 7.90. The first-order chi connectivity index (χ1) is 12.0. The third-order valence-electron chi connectivity index (χ3n) is 3.18. The maximum atomic E-state index is 13.6. The number of rotatable bonds is 4. The van der Waals surface area contributed by atoms with E-state index in [9.17, 15) is 17.6 Å². The molecule has 1 heterocycles. The van der Waals surface area contributed by atoms with Crippen molar-refractivity contribution in [3.8, 4) is 6.07 Å². The van der Waals surface area contributed by atoms with Crippen LogP contribution < -0.4 is 4.72 Å². The summed E-state index contributed by atoms with van der Waals surface area (Å²) in [6, 6.07) is 4.66. The van der Waals surface area contributed by atoms with E-state index in [4.69, 9.17) is 5.26 Å². The summed E-state index contributed by atoms with van der Waals surface area (Å²) in [7, 11) is -4.37. The van der Waals surface area contributed by atoms with Gasteiger partial charge in [0.1, 0.15) is 22.3 Å². The van der Waals surface area contributed by atoms with Gasteiger partial charge in [-0.25, -0.2) is 22.5 Å². The quantitative estimate of drug-likeness (QED) is 0.805. The van der Waals surface area contributed by atoms with Gasteiger partial charge in [0.25, 0.3) is 15.9 Å². The molecule has 9 heteroatoms. The van der Waals surface area contributed by atoms with Crippen LogP contribution in [-0.2, 0) is 20.2 Å². The molecule has 26 heavy (non-hydrogen) atoms. The fourth-order valence-electron chi connectivity index (χ4n) is 1.93. The molecule has 0 aliphatic carbocycles.